The van der Waals surface area contributed by atoms with E-state index in [2.05, 4.69) is 10.9 Å². The summed E-state index contributed by atoms with van der Waals surface area (Å²) >= 11 is -0.392. The van der Waals surface area contributed by atoms with Gasteiger partial charge in [0.1, 0.15) is 17.9 Å². The molecule has 2 N–H and O–H groups in total. The summed E-state index contributed by atoms with van der Waals surface area (Å²) in [6, 6.07) is 0. The zero-order valence-electron chi connectivity index (χ0n) is 4.22. The third kappa shape index (κ3) is 1.92. The van der Waals surface area contributed by atoms with E-state index in [4.69, 9.17) is 0 Å². The first-order valence-electron chi connectivity index (χ1n) is 1.79. The summed E-state index contributed by atoms with van der Waals surface area (Å²) in [5.74, 6) is 4.64. The Hall–Kier alpha value is -0.580. The van der Waals surface area contributed by atoms with Crippen LogP contribution >= 0.6 is 12.1 Å². The Morgan fingerprint density at radius 2 is 2.38 bits per heavy atom. The SMILES string of the molecule is CC(=NN)C(=O)SF. The molecule has 0 aliphatic carbocycles. The normalized spacial score (nSPS) is 11.5. The number of nitrogens with two attached hydrogens (primary N) is 1. The van der Waals surface area contributed by atoms with E-state index in [0.717, 1.165) is 0 Å². The summed E-state index contributed by atoms with van der Waals surface area (Å²) in [6.07, 6.45) is 0. The molecule has 0 rings (SSSR count). The van der Waals surface area contributed by atoms with Gasteiger partial charge in [0, 0.05) is 0 Å². The molecule has 0 aromatic rings. The first-order valence-corrected chi connectivity index (χ1v) is 2.51. The largest absolute Gasteiger partial charge is 0.323 e. The van der Waals surface area contributed by atoms with E-state index in [9.17, 15) is 8.68 Å². The summed E-state index contributed by atoms with van der Waals surface area (Å²) in [4.78, 5) is 10.1. The van der Waals surface area contributed by atoms with Gasteiger partial charge in [-0.1, -0.05) is 0 Å². The molecule has 0 spiro atoms. The number of rotatable bonds is 1. The topological polar surface area (TPSA) is 55.4 Å². The van der Waals surface area contributed by atoms with Gasteiger partial charge in [0.25, 0.3) is 5.12 Å². The van der Waals surface area contributed by atoms with E-state index in [-0.39, 0.29) is 5.71 Å². The Labute approximate surface area is 50.4 Å². The number of hydrogen-bond acceptors (Lipinski definition) is 4. The van der Waals surface area contributed by atoms with Crippen molar-refractivity contribution in [2.24, 2.45) is 10.9 Å². The molecule has 8 heavy (non-hydrogen) atoms. The molecule has 0 aliphatic rings. The lowest BCUT2D eigenvalue weighted by atomic mass is 10.5. The molecule has 0 fully saturated rings. The van der Waals surface area contributed by atoms with Gasteiger partial charge in [-0.05, 0) is 6.92 Å². The van der Waals surface area contributed by atoms with Crippen LogP contribution in [0.4, 0.5) is 3.89 Å². The minimum Gasteiger partial charge on any atom is -0.323 e. The maximum Gasteiger partial charge on any atom is 0.266 e. The summed E-state index contributed by atoms with van der Waals surface area (Å²) in [5, 5.41) is 2.22. The molecule has 0 aromatic heterocycles. The van der Waals surface area contributed by atoms with Gasteiger partial charge in [0.2, 0.25) is 0 Å². The average Bonchev–Trinajstić information content (AvgIpc) is 1.84. The molecule has 0 amide bonds. The summed E-state index contributed by atoms with van der Waals surface area (Å²) in [7, 11) is 0. The second-order valence-corrected chi connectivity index (χ2v) is 1.60. The van der Waals surface area contributed by atoms with Crippen LogP contribution in [0.25, 0.3) is 0 Å². The zero-order valence-corrected chi connectivity index (χ0v) is 5.04. The quantitative estimate of drug-likeness (QED) is 0.324. The van der Waals surface area contributed by atoms with Gasteiger partial charge in [0.15, 0.2) is 0 Å². The number of hydrazone groups is 1. The molecule has 0 unspecified atom stereocenters. The molecular formula is C3H5FN2OS. The second kappa shape index (κ2) is 3.43. The lowest BCUT2D eigenvalue weighted by molar-refractivity contribution is -0.105. The predicted molar refractivity (Wildman–Crippen MR) is 31.0 cm³/mol. The molecule has 0 bridgehead atoms. The average molecular weight is 136 g/mol. The molecule has 0 saturated carbocycles. The van der Waals surface area contributed by atoms with Crippen LogP contribution in [-0.4, -0.2) is 10.8 Å². The van der Waals surface area contributed by atoms with Crippen LogP contribution in [0.2, 0.25) is 0 Å². The standard InChI is InChI=1S/C3H5FN2OS/c1-2(6-5)3(7)8-4/h5H2,1H3. The van der Waals surface area contributed by atoms with Gasteiger partial charge in [-0.15, -0.1) is 0 Å². The highest BCUT2D eigenvalue weighted by Gasteiger charge is 2.04. The lowest BCUT2D eigenvalue weighted by Crippen LogP contribution is -2.05. The van der Waals surface area contributed by atoms with Crippen molar-refractivity contribution >= 4 is 23.0 Å². The highest BCUT2D eigenvalue weighted by molar-refractivity contribution is 8.11. The van der Waals surface area contributed by atoms with Crippen LogP contribution in [0, 0.1) is 0 Å². The Morgan fingerprint density at radius 1 is 1.88 bits per heavy atom. The molecule has 5 heteroatoms. The van der Waals surface area contributed by atoms with Crippen molar-refractivity contribution in [2.45, 2.75) is 6.92 Å². The fourth-order valence-electron chi connectivity index (χ4n) is 0.109. The molecule has 0 heterocycles. The highest BCUT2D eigenvalue weighted by atomic mass is 32.2. The second-order valence-electron chi connectivity index (χ2n) is 1.08. The van der Waals surface area contributed by atoms with Crippen molar-refractivity contribution in [3.63, 3.8) is 0 Å². The highest BCUT2D eigenvalue weighted by Crippen LogP contribution is 2.02. The van der Waals surface area contributed by atoms with Crippen LogP contribution in [0.15, 0.2) is 5.10 Å². The maximum atomic E-state index is 11.3. The summed E-state index contributed by atoms with van der Waals surface area (Å²) < 4.78 is 11.3. The molecule has 0 aliphatic heterocycles. The minimum atomic E-state index is -0.743. The molecule has 0 saturated heterocycles. The Balaban J connectivity index is 3.83. The molecule has 0 radical (unpaired) electrons. The summed E-state index contributed by atoms with van der Waals surface area (Å²) in [6.45, 7) is 1.34. The van der Waals surface area contributed by atoms with Crippen LogP contribution in [0.1, 0.15) is 6.92 Å². The third-order valence-electron chi connectivity index (χ3n) is 0.559. The van der Waals surface area contributed by atoms with E-state index in [1.54, 1.807) is 0 Å². The van der Waals surface area contributed by atoms with Crippen molar-refractivity contribution in [1.29, 1.82) is 0 Å². The van der Waals surface area contributed by atoms with Gasteiger partial charge in [-0.3, -0.25) is 4.79 Å². The van der Waals surface area contributed by atoms with Crippen LogP contribution in [0.5, 0.6) is 0 Å². The van der Waals surface area contributed by atoms with Crippen LogP contribution in [0.3, 0.4) is 0 Å². The van der Waals surface area contributed by atoms with Crippen molar-refractivity contribution in [3.05, 3.63) is 0 Å². The minimum absolute atomic E-state index is 0.0162. The van der Waals surface area contributed by atoms with Gasteiger partial charge in [-0.25, -0.2) is 0 Å². The third-order valence-corrected chi connectivity index (χ3v) is 0.995. The van der Waals surface area contributed by atoms with E-state index < -0.39 is 17.3 Å². The number of carbonyl (C=O) groups is 1. The molecule has 46 valence electrons. The summed E-state index contributed by atoms with van der Waals surface area (Å²) in [5.41, 5.74) is -0.0162. The van der Waals surface area contributed by atoms with Gasteiger partial charge < -0.3 is 5.84 Å². The number of halogens is 1. The van der Waals surface area contributed by atoms with Gasteiger partial charge in [-0.2, -0.15) is 8.99 Å². The van der Waals surface area contributed by atoms with E-state index in [1.807, 2.05) is 0 Å². The van der Waals surface area contributed by atoms with E-state index in [1.165, 1.54) is 6.92 Å². The van der Waals surface area contributed by atoms with Crippen molar-refractivity contribution in [1.82, 2.24) is 0 Å². The van der Waals surface area contributed by atoms with E-state index in [0.29, 0.717) is 0 Å². The fraction of sp³-hybridized carbons (Fsp3) is 0.333. The van der Waals surface area contributed by atoms with Crippen molar-refractivity contribution < 1.29 is 8.68 Å². The monoisotopic (exact) mass is 136 g/mol. The van der Waals surface area contributed by atoms with Gasteiger partial charge >= 0.3 is 0 Å². The molecule has 0 atom stereocenters. The van der Waals surface area contributed by atoms with Crippen LogP contribution in [-0.2, 0) is 4.79 Å². The Morgan fingerprint density at radius 3 is 2.50 bits per heavy atom. The zero-order chi connectivity index (χ0) is 6.57. The number of nitrogens with zero attached hydrogens (tertiary/aromatic N) is 1. The predicted octanol–water partition coefficient (Wildman–Crippen LogP) is 0.465. The molecule has 0 aromatic carbocycles. The number of hydrogen-bond donors (Lipinski definition) is 1. The lowest BCUT2D eigenvalue weighted by Gasteiger charge is -1.85. The Bertz CT molecular complexity index is 124. The van der Waals surface area contributed by atoms with Crippen molar-refractivity contribution in [3.8, 4) is 0 Å². The van der Waals surface area contributed by atoms with Gasteiger partial charge in [0.05, 0.1) is 0 Å². The molecule has 3 nitrogen and oxygen atoms in total. The van der Waals surface area contributed by atoms with E-state index >= 15 is 0 Å². The maximum absolute atomic E-state index is 11.3. The first kappa shape index (κ1) is 7.42. The fourth-order valence-corrected chi connectivity index (χ4v) is 0.273. The smallest absolute Gasteiger partial charge is 0.266 e. The van der Waals surface area contributed by atoms with Crippen molar-refractivity contribution in [2.75, 3.05) is 0 Å². The Kier molecular flexibility index (Phi) is 3.18. The first-order chi connectivity index (χ1) is 3.72. The number of carbonyl (C=O) groups excluding carboxylic acids is 1. The molecular weight excluding hydrogens is 131 g/mol. The van der Waals surface area contributed by atoms with Crippen LogP contribution < -0.4 is 5.84 Å².